The van der Waals surface area contributed by atoms with Gasteiger partial charge in [-0.15, -0.1) is 0 Å². The van der Waals surface area contributed by atoms with Gasteiger partial charge in [0.2, 0.25) is 11.8 Å². The van der Waals surface area contributed by atoms with Gasteiger partial charge in [0, 0.05) is 5.41 Å². The lowest BCUT2D eigenvalue weighted by Gasteiger charge is -2.13. The first-order chi connectivity index (χ1) is 4.93. The number of aromatic nitrogens is 2. The fraction of sp³-hybridized carbons (Fsp3) is 0.571. The molecule has 0 aromatic carbocycles. The standard InChI is InChI=1S/C7H10F2N2/c1-7(2,3)5-4(8)6(9)11-10-5/h1-3H3,(H,10,11). The van der Waals surface area contributed by atoms with Crippen LogP contribution in [0.4, 0.5) is 8.78 Å². The quantitative estimate of drug-likeness (QED) is 0.617. The van der Waals surface area contributed by atoms with E-state index in [1.54, 1.807) is 20.8 Å². The molecule has 0 saturated carbocycles. The summed E-state index contributed by atoms with van der Waals surface area (Å²) in [6, 6.07) is 0. The molecule has 0 aliphatic rings. The summed E-state index contributed by atoms with van der Waals surface area (Å²) >= 11 is 0. The van der Waals surface area contributed by atoms with E-state index in [1.165, 1.54) is 0 Å². The van der Waals surface area contributed by atoms with Crippen LogP contribution in [0, 0.1) is 11.8 Å². The minimum Gasteiger partial charge on any atom is -0.250 e. The maximum Gasteiger partial charge on any atom is 0.245 e. The normalized spacial score (nSPS) is 12.1. The predicted octanol–water partition coefficient (Wildman–Crippen LogP) is 1.99. The summed E-state index contributed by atoms with van der Waals surface area (Å²) in [6.07, 6.45) is 0. The number of nitrogens with zero attached hydrogens (tertiary/aromatic N) is 1. The van der Waals surface area contributed by atoms with E-state index in [4.69, 9.17) is 0 Å². The number of hydrogen-bond acceptors (Lipinski definition) is 1. The highest BCUT2D eigenvalue weighted by Crippen LogP contribution is 2.23. The molecular weight excluding hydrogens is 150 g/mol. The molecule has 1 heterocycles. The lowest BCUT2D eigenvalue weighted by atomic mass is 9.92. The summed E-state index contributed by atoms with van der Waals surface area (Å²) in [5, 5.41) is 5.46. The van der Waals surface area contributed by atoms with Gasteiger partial charge in [0.05, 0.1) is 0 Å². The molecule has 1 aromatic heterocycles. The molecular formula is C7H10F2N2. The maximum atomic E-state index is 12.8. The largest absolute Gasteiger partial charge is 0.250 e. The summed E-state index contributed by atoms with van der Waals surface area (Å²) in [4.78, 5) is 0. The third-order valence-corrected chi connectivity index (χ3v) is 1.38. The number of nitrogens with one attached hydrogen (secondary N) is 1. The minimum atomic E-state index is -0.991. The Kier molecular flexibility index (Phi) is 1.70. The smallest absolute Gasteiger partial charge is 0.245 e. The van der Waals surface area contributed by atoms with Gasteiger partial charge in [-0.05, 0) is 0 Å². The third kappa shape index (κ3) is 1.39. The van der Waals surface area contributed by atoms with Gasteiger partial charge in [0.25, 0.3) is 0 Å². The van der Waals surface area contributed by atoms with Crippen molar-refractivity contribution in [2.45, 2.75) is 26.2 Å². The van der Waals surface area contributed by atoms with Crippen molar-refractivity contribution in [1.82, 2.24) is 10.2 Å². The fourth-order valence-corrected chi connectivity index (χ4v) is 0.804. The van der Waals surface area contributed by atoms with Crippen molar-refractivity contribution < 1.29 is 8.78 Å². The van der Waals surface area contributed by atoms with E-state index in [-0.39, 0.29) is 5.69 Å². The summed E-state index contributed by atoms with van der Waals surface area (Å²) in [5.41, 5.74) is -0.319. The van der Waals surface area contributed by atoms with Crippen LogP contribution in [-0.4, -0.2) is 10.2 Å². The van der Waals surface area contributed by atoms with Crippen molar-refractivity contribution >= 4 is 0 Å². The zero-order chi connectivity index (χ0) is 8.65. The molecule has 0 amide bonds. The molecule has 0 atom stereocenters. The van der Waals surface area contributed by atoms with Gasteiger partial charge in [-0.1, -0.05) is 20.8 Å². The minimum absolute atomic E-state index is 0.134. The number of halogens is 2. The van der Waals surface area contributed by atoms with Crippen LogP contribution >= 0.6 is 0 Å². The van der Waals surface area contributed by atoms with E-state index < -0.39 is 17.2 Å². The van der Waals surface area contributed by atoms with Crippen molar-refractivity contribution in [2.24, 2.45) is 0 Å². The molecule has 1 aromatic rings. The van der Waals surface area contributed by atoms with Crippen molar-refractivity contribution in [2.75, 3.05) is 0 Å². The van der Waals surface area contributed by atoms with Crippen LogP contribution in [0.2, 0.25) is 0 Å². The van der Waals surface area contributed by atoms with E-state index in [2.05, 4.69) is 5.10 Å². The first-order valence-electron chi connectivity index (χ1n) is 3.33. The zero-order valence-corrected chi connectivity index (χ0v) is 6.70. The van der Waals surface area contributed by atoms with E-state index in [0.29, 0.717) is 0 Å². The highest BCUT2D eigenvalue weighted by atomic mass is 19.2. The van der Waals surface area contributed by atoms with E-state index >= 15 is 0 Å². The molecule has 0 spiro atoms. The SMILES string of the molecule is CC(C)(C)c1n[nH]c(F)c1F. The Bertz CT molecular complexity index is 260. The Morgan fingerprint density at radius 2 is 1.82 bits per heavy atom. The van der Waals surface area contributed by atoms with E-state index in [1.807, 2.05) is 5.10 Å². The van der Waals surface area contributed by atoms with Crippen molar-refractivity contribution in [3.63, 3.8) is 0 Å². The van der Waals surface area contributed by atoms with Crippen LogP contribution in [0.1, 0.15) is 26.5 Å². The van der Waals surface area contributed by atoms with Crippen molar-refractivity contribution in [1.29, 1.82) is 0 Å². The highest BCUT2D eigenvalue weighted by molar-refractivity contribution is 5.13. The second-order valence-electron chi connectivity index (χ2n) is 3.45. The van der Waals surface area contributed by atoms with Crippen LogP contribution in [0.5, 0.6) is 0 Å². The predicted molar refractivity (Wildman–Crippen MR) is 37.2 cm³/mol. The second-order valence-corrected chi connectivity index (χ2v) is 3.45. The molecule has 0 saturated heterocycles. The summed E-state index contributed by atoms with van der Waals surface area (Å²) in [6.45, 7) is 5.31. The number of H-pyrrole nitrogens is 1. The molecule has 0 radical (unpaired) electrons. The first kappa shape index (κ1) is 8.17. The molecule has 62 valence electrons. The number of aromatic amines is 1. The molecule has 0 aliphatic carbocycles. The summed E-state index contributed by atoms with van der Waals surface area (Å²) in [5.74, 6) is -1.87. The van der Waals surface area contributed by atoms with Crippen LogP contribution in [0.25, 0.3) is 0 Å². The highest BCUT2D eigenvalue weighted by Gasteiger charge is 2.24. The van der Waals surface area contributed by atoms with Gasteiger partial charge in [0.1, 0.15) is 5.69 Å². The molecule has 4 heteroatoms. The Morgan fingerprint density at radius 1 is 1.27 bits per heavy atom. The van der Waals surface area contributed by atoms with Gasteiger partial charge < -0.3 is 0 Å². The van der Waals surface area contributed by atoms with Gasteiger partial charge in [-0.3, -0.25) is 5.10 Å². The third-order valence-electron chi connectivity index (χ3n) is 1.38. The Morgan fingerprint density at radius 3 is 2.00 bits per heavy atom. The molecule has 1 rings (SSSR count). The Balaban J connectivity index is 3.15. The summed E-state index contributed by atoms with van der Waals surface area (Å²) < 4.78 is 25.2. The molecule has 0 aliphatic heterocycles. The van der Waals surface area contributed by atoms with Crippen molar-refractivity contribution in [3.05, 3.63) is 17.5 Å². The molecule has 0 bridgehead atoms. The van der Waals surface area contributed by atoms with Gasteiger partial charge in [-0.25, -0.2) is 0 Å². The first-order valence-corrected chi connectivity index (χ1v) is 3.33. The van der Waals surface area contributed by atoms with Gasteiger partial charge in [-0.2, -0.15) is 13.9 Å². The lowest BCUT2D eigenvalue weighted by Crippen LogP contribution is -2.13. The van der Waals surface area contributed by atoms with Crippen LogP contribution in [0.15, 0.2) is 0 Å². The lowest BCUT2D eigenvalue weighted by molar-refractivity contribution is 0.465. The molecule has 0 unspecified atom stereocenters. The van der Waals surface area contributed by atoms with Crippen molar-refractivity contribution in [3.8, 4) is 0 Å². The number of hydrogen-bond donors (Lipinski definition) is 1. The number of rotatable bonds is 0. The van der Waals surface area contributed by atoms with E-state index in [9.17, 15) is 8.78 Å². The van der Waals surface area contributed by atoms with Gasteiger partial charge >= 0.3 is 0 Å². The van der Waals surface area contributed by atoms with Crippen LogP contribution in [-0.2, 0) is 5.41 Å². The summed E-state index contributed by atoms with van der Waals surface area (Å²) in [7, 11) is 0. The zero-order valence-electron chi connectivity index (χ0n) is 6.70. The average Bonchev–Trinajstić information content (AvgIpc) is 2.11. The molecule has 0 fully saturated rings. The van der Waals surface area contributed by atoms with E-state index in [0.717, 1.165) is 0 Å². The van der Waals surface area contributed by atoms with Gasteiger partial charge in [0.15, 0.2) is 0 Å². The monoisotopic (exact) mass is 160 g/mol. The average molecular weight is 160 g/mol. The molecule has 2 nitrogen and oxygen atoms in total. The van der Waals surface area contributed by atoms with Crippen LogP contribution < -0.4 is 0 Å². The van der Waals surface area contributed by atoms with Crippen LogP contribution in [0.3, 0.4) is 0 Å². The Hall–Kier alpha value is -0.930. The molecule has 1 N–H and O–H groups in total. The Labute approximate surface area is 63.6 Å². The molecule has 11 heavy (non-hydrogen) atoms. The topological polar surface area (TPSA) is 28.7 Å². The fourth-order valence-electron chi connectivity index (χ4n) is 0.804. The second kappa shape index (κ2) is 2.29. The maximum absolute atomic E-state index is 12.8.